The molecule has 0 bridgehead atoms. The lowest BCUT2D eigenvalue weighted by molar-refractivity contribution is 0.300. The first-order valence-electron chi connectivity index (χ1n) is 6.31. The maximum absolute atomic E-state index is 13.8. The van der Waals surface area contributed by atoms with Gasteiger partial charge < -0.3 is 4.74 Å². The van der Waals surface area contributed by atoms with E-state index in [-0.39, 0.29) is 17.2 Å². The average Bonchev–Trinajstić information content (AvgIpc) is 2.54. The number of rotatable bonds is 4. The molecule has 0 aliphatic heterocycles. The van der Waals surface area contributed by atoms with Crippen LogP contribution in [0.15, 0.2) is 48.0 Å². The van der Waals surface area contributed by atoms with Crippen molar-refractivity contribution in [1.29, 1.82) is 10.5 Å². The second-order valence-corrected chi connectivity index (χ2v) is 4.76. The Bertz CT molecular complexity index is 787. The lowest BCUT2D eigenvalue weighted by Gasteiger charge is -2.08. The van der Waals surface area contributed by atoms with Gasteiger partial charge in [0.2, 0.25) is 0 Å². The second-order valence-electron chi connectivity index (χ2n) is 4.36. The Morgan fingerprint density at radius 3 is 2.64 bits per heavy atom. The minimum atomic E-state index is -0.503. The Kier molecular flexibility index (Phi) is 5.14. The molecule has 0 heterocycles. The summed E-state index contributed by atoms with van der Waals surface area (Å²) in [6.45, 7) is 0.0307. The van der Waals surface area contributed by atoms with Gasteiger partial charge in [0.15, 0.2) is 0 Å². The molecule has 2 aromatic carbocycles. The summed E-state index contributed by atoms with van der Waals surface area (Å²) >= 11 is 5.71. The fourth-order valence-electron chi connectivity index (χ4n) is 1.77. The van der Waals surface area contributed by atoms with Crippen molar-refractivity contribution in [2.75, 3.05) is 0 Å². The van der Waals surface area contributed by atoms with Crippen LogP contribution < -0.4 is 4.74 Å². The van der Waals surface area contributed by atoms with Crippen LogP contribution in [0.25, 0.3) is 6.08 Å². The lowest BCUT2D eigenvalue weighted by Crippen LogP contribution is -1.99. The number of benzene rings is 2. The van der Waals surface area contributed by atoms with E-state index in [9.17, 15) is 4.39 Å². The van der Waals surface area contributed by atoms with Crippen molar-refractivity contribution in [3.05, 3.63) is 70.0 Å². The summed E-state index contributed by atoms with van der Waals surface area (Å²) in [5.41, 5.74) is 1.00. The van der Waals surface area contributed by atoms with Gasteiger partial charge >= 0.3 is 0 Å². The first kappa shape index (κ1) is 15.6. The Balaban J connectivity index is 2.15. The zero-order valence-electron chi connectivity index (χ0n) is 11.4. The zero-order valence-corrected chi connectivity index (χ0v) is 12.1. The predicted octanol–water partition coefficient (Wildman–Crippen LogP) is 4.49. The van der Waals surface area contributed by atoms with Gasteiger partial charge in [-0.15, -0.1) is 0 Å². The van der Waals surface area contributed by atoms with Crippen LogP contribution in [-0.2, 0) is 6.61 Å². The third kappa shape index (κ3) is 3.85. The Morgan fingerprint density at radius 1 is 1.18 bits per heavy atom. The highest BCUT2D eigenvalue weighted by Crippen LogP contribution is 2.21. The SMILES string of the molecule is N#CC(C#N)=Cc1cccc(OCc2cccc(Cl)c2F)c1. The molecule has 0 unspecified atom stereocenters. The van der Waals surface area contributed by atoms with Gasteiger partial charge in [-0.1, -0.05) is 35.9 Å². The molecule has 0 saturated carbocycles. The van der Waals surface area contributed by atoms with Crippen LogP contribution in [0.3, 0.4) is 0 Å². The molecule has 0 saturated heterocycles. The minimum Gasteiger partial charge on any atom is -0.489 e. The van der Waals surface area contributed by atoms with Gasteiger partial charge in [-0.2, -0.15) is 10.5 Å². The summed E-state index contributed by atoms with van der Waals surface area (Å²) in [6, 6.07) is 15.1. The van der Waals surface area contributed by atoms with Crippen LogP contribution in [-0.4, -0.2) is 0 Å². The summed E-state index contributed by atoms with van der Waals surface area (Å²) in [5, 5.41) is 17.5. The topological polar surface area (TPSA) is 56.8 Å². The van der Waals surface area contributed by atoms with Crippen molar-refractivity contribution in [3.63, 3.8) is 0 Å². The molecule has 0 aromatic heterocycles. The molecular formula is C17H10ClFN2O. The zero-order chi connectivity index (χ0) is 15.9. The summed E-state index contributed by atoms with van der Waals surface area (Å²) < 4.78 is 19.3. The van der Waals surface area contributed by atoms with Crippen LogP contribution in [0.1, 0.15) is 11.1 Å². The van der Waals surface area contributed by atoms with Crippen molar-refractivity contribution in [2.24, 2.45) is 0 Å². The third-order valence-electron chi connectivity index (χ3n) is 2.84. The average molecular weight is 313 g/mol. The number of nitriles is 2. The van der Waals surface area contributed by atoms with Crippen molar-refractivity contribution in [3.8, 4) is 17.9 Å². The van der Waals surface area contributed by atoms with Crippen LogP contribution in [0, 0.1) is 28.5 Å². The van der Waals surface area contributed by atoms with Gasteiger partial charge in [0.05, 0.1) is 5.02 Å². The highest BCUT2D eigenvalue weighted by atomic mass is 35.5. The van der Waals surface area contributed by atoms with Gasteiger partial charge in [-0.3, -0.25) is 0 Å². The molecule has 0 atom stereocenters. The number of halogens is 2. The van der Waals surface area contributed by atoms with Gasteiger partial charge in [-0.05, 0) is 29.8 Å². The van der Waals surface area contributed by atoms with E-state index in [1.54, 1.807) is 48.5 Å². The molecule has 108 valence electrons. The number of ether oxygens (including phenoxy) is 1. The fraction of sp³-hybridized carbons (Fsp3) is 0.0588. The van der Waals surface area contributed by atoms with E-state index in [0.717, 1.165) is 0 Å². The standard InChI is InChI=1S/C17H10ClFN2O/c18-16-6-2-4-14(17(16)19)11-22-15-5-1-3-12(8-15)7-13(9-20)10-21/h1-8H,11H2. The van der Waals surface area contributed by atoms with E-state index in [2.05, 4.69) is 0 Å². The molecule has 2 rings (SSSR count). The number of nitrogens with zero attached hydrogens (tertiary/aromatic N) is 2. The molecule has 22 heavy (non-hydrogen) atoms. The maximum atomic E-state index is 13.8. The highest BCUT2D eigenvalue weighted by Gasteiger charge is 2.07. The molecule has 3 nitrogen and oxygen atoms in total. The molecule has 0 aliphatic carbocycles. The lowest BCUT2D eigenvalue weighted by atomic mass is 10.1. The van der Waals surface area contributed by atoms with E-state index < -0.39 is 5.82 Å². The molecule has 0 radical (unpaired) electrons. The third-order valence-corrected chi connectivity index (χ3v) is 3.13. The van der Waals surface area contributed by atoms with Gasteiger partial charge in [0.1, 0.15) is 35.9 Å². The molecule has 2 aromatic rings. The van der Waals surface area contributed by atoms with Crippen LogP contribution in [0.5, 0.6) is 5.75 Å². The molecule has 0 fully saturated rings. The second kappa shape index (κ2) is 7.26. The van der Waals surface area contributed by atoms with Crippen LogP contribution in [0.4, 0.5) is 4.39 Å². The minimum absolute atomic E-state index is 0.00182. The first-order valence-corrected chi connectivity index (χ1v) is 6.69. The van der Waals surface area contributed by atoms with Crippen molar-refractivity contribution < 1.29 is 9.13 Å². The van der Waals surface area contributed by atoms with Crippen LogP contribution >= 0.6 is 11.6 Å². The van der Waals surface area contributed by atoms with Crippen molar-refractivity contribution in [2.45, 2.75) is 6.61 Å². The summed E-state index contributed by atoms with van der Waals surface area (Å²) in [5.74, 6) is -0.000167. The molecule has 0 aliphatic rings. The quantitative estimate of drug-likeness (QED) is 0.782. The smallest absolute Gasteiger partial charge is 0.148 e. The molecule has 0 amide bonds. The summed E-state index contributed by atoms with van der Waals surface area (Å²) in [6.07, 6.45) is 1.45. The summed E-state index contributed by atoms with van der Waals surface area (Å²) in [7, 11) is 0. The highest BCUT2D eigenvalue weighted by molar-refractivity contribution is 6.30. The van der Waals surface area contributed by atoms with E-state index in [1.165, 1.54) is 12.1 Å². The van der Waals surface area contributed by atoms with Crippen LogP contribution in [0.2, 0.25) is 5.02 Å². The monoisotopic (exact) mass is 312 g/mol. The van der Waals surface area contributed by atoms with E-state index in [1.807, 2.05) is 0 Å². The Hall–Kier alpha value is -2.82. The number of allylic oxidation sites excluding steroid dienone is 1. The molecule has 0 spiro atoms. The maximum Gasteiger partial charge on any atom is 0.148 e. The van der Waals surface area contributed by atoms with Crippen molar-refractivity contribution in [1.82, 2.24) is 0 Å². The number of hydrogen-bond donors (Lipinski definition) is 0. The largest absolute Gasteiger partial charge is 0.489 e. The fourth-order valence-corrected chi connectivity index (χ4v) is 1.97. The van der Waals surface area contributed by atoms with Gasteiger partial charge in [-0.25, -0.2) is 4.39 Å². The van der Waals surface area contributed by atoms with E-state index in [0.29, 0.717) is 16.9 Å². The Morgan fingerprint density at radius 2 is 1.91 bits per heavy atom. The van der Waals surface area contributed by atoms with E-state index in [4.69, 9.17) is 26.9 Å². The van der Waals surface area contributed by atoms with E-state index >= 15 is 0 Å². The Labute approximate surface area is 132 Å². The molecule has 0 N–H and O–H groups in total. The normalized spacial score (nSPS) is 9.45. The molecule has 5 heteroatoms. The number of hydrogen-bond acceptors (Lipinski definition) is 3. The molecular weight excluding hydrogens is 303 g/mol. The van der Waals surface area contributed by atoms with Crippen molar-refractivity contribution >= 4 is 17.7 Å². The van der Waals surface area contributed by atoms with Gasteiger partial charge in [0.25, 0.3) is 0 Å². The first-order chi connectivity index (χ1) is 10.6. The predicted molar refractivity (Wildman–Crippen MR) is 81.4 cm³/mol. The summed E-state index contributed by atoms with van der Waals surface area (Å²) in [4.78, 5) is 0. The van der Waals surface area contributed by atoms with Gasteiger partial charge in [0, 0.05) is 5.56 Å².